The van der Waals surface area contributed by atoms with Gasteiger partial charge in [0.1, 0.15) is 0 Å². The highest BCUT2D eigenvalue weighted by molar-refractivity contribution is 5.64. The van der Waals surface area contributed by atoms with Crippen molar-refractivity contribution in [1.82, 2.24) is 6.15 Å². The largest absolute Gasteiger partial charge is 0.550 e. The van der Waals surface area contributed by atoms with E-state index in [0.29, 0.717) is 0 Å². The van der Waals surface area contributed by atoms with Crippen molar-refractivity contribution in [3.05, 3.63) is 0 Å². The van der Waals surface area contributed by atoms with Crippen molar-refractivity contribution >= 4 is 5.97 Å². The molecule has 5 N–H and O–H groups in total. The molecule has 1 atom stereocenters. The highest BCUT2D eigenvalue weighted by atomic mass is 16.4. The summed E-state index contributed by atoms with van der Waals surface area (Å²) in [6, 6.07) is 0. The van der Waals surface area contributed by atoms with E-state index in [4.69, 9.17) is 5.11 Å². The maximum absolute atomic E-state index is 9.75. The lowest BCUT2D eigenvalue weighted by Crippen LogP contribution is -2.25. The molecule has 4 heteroatoms. The first-order valence-electron chi connectivity index (χ1n) is 2.47. The molecular weight excluding hydrogens is 122 g/mol. The second kappa shape index (κ2) is 5.53. The number of hydrogen-bond acceptors (Lipinski definition) is 3. The maximum atomic E-state index is 9.75. The third kappa shape index (κ3) is 7.39. The van der Waals surface area contributed by atoms with Crippen LogP contribution in [0.3, 0.4) is 0 Å². The van der Waals surface area contributed by atoms with Crippen LogP contribution in [0, 0.1) is 5.92 Å². The van der Waals surface area contributed by atoms with E-state index in [1.54, 1.807) is 6.92 Å². The summed E-state index contributed by atoms with van der Waals surface area (Å²) in [5.41, 5.74) is 0. The first-order valence-corrected chi connectivity index (χ1v) is 2.47. The van der Waals surface area contributed by atoms with E-state index < -0.39 is 5.97 Å². The number of rotatable bonds is 3. The third-order valence-electron chi connectivity index (χ3n) is 0.827. The monoisotopic (exact) mass is 135 g/mol. The van der Waals surface area contributed by atoms with Crippen molar-refractivity contribution in [3.8, 4) is 0 Å². The van der Waals surface area contributed by atoms with Crippen LogP contribution in [0.25, 0.3) is 0 Å². The van der Waals surface area contributed by atoms with E-state index in [2.05, 4.69) is 0 Å². The van der Waals surface area contributed by atoms with Gasteiger partial charge in [0.25, 0.3) is 0 Å². The Kier molecular flexibility index (Phi) is 6.89. The van der Waals surface area contributed by atoms with Gasteiger partial charge in [0, 0.05) is 12.6 Å². The van der Waals surface area contributed by atoms with Crippen molar-refractivity contribution in [2.75, 3.05) is 6.61 Å². The van der Waals surface area contributed by atoms with Gasteiger partial charge in [-0.15, -0.1) is 0 Å². The smallest absolute Gasteiger partial charge is 0.0460 e. The topological polar surface area (TPSA) is 96.9 Å². The van der Waals surface area contributed by atoms with Gasteiger partial charge in [-0.1, -0.05) is 6.92 Å². The summed E-state index contributed by atoms with van der Waals surface area (Å²) < 4.78 is 0. The number of carbonyl (C=O) groups excluding carboxylic acids is 1. The van der Waals surface area contributed by atoms with Crippen molar-refractivity contribution in [2.45, 2.75) is 13.3 Å². The van der Waals surface area contributed by atoms with Gasteiger partial charge < -0.3 is 21.2 Å². The number of quaternary nitrogens is 1. The van der Waals surface area contributed by atoms with E-state index in [1.165, 1.54) is 0 Å². The normalized spacial score (nSPS) is 11.8. The Balaban J connectivity index is 0. The van der Waals surface area contributed by atoms with E-state index in [1.807, 2.05) is 0 Å². The summed E-state index contributed by atoms with van der Waals surface area (Å²) in [4.78, 5) is 9.75. The van der Waals surface area contributed by atoms with Crippen molar-refractivity contribution in [2.24, 2.45) is 5.92 Å². The first kappa shape index (κ1) is 11.2. The summed E-state index contributed by atoms with van der Waals surface area (Å²) >= 11 is 0. The molecule has 0 aromatic rings. The fourth-order valence-corrected chi connectivity index (χ4v) is 0.349. The van der Waals surface area contributed by atoms with E-state index in [-0.39, 0.29) is 25.1 Å². The van der Waals surface area contributed by atoms with E-state index in [9.17, 15) is 9.90 Å². The quantitative estimate of drug-likeness (QED) is 0.526. The Labute approximate surface area is 54.1 Å². The van der Waals surface area contributed by atoms with Gasteiger partial charge in [0.05, 0.1) is 0 Å². The zero-order valence-electron chi connectivity index (χ0n) is 5.76. The molecule has 0 spiro atoms. The molecule has 0 saturated carbocycles. The molecule has 0 aliphatic carbocycles. The van der Waals surface area contributed by atoms with Crippen LogP contribution in [0.1, 0.15) is 13.3 Å². The number of hydrogen-bond donors (Lipinski definition) is 2. The van der Waals surface area contributed by atoms with E-state index >= 15 is 0 Å². The van der Waals surface area contributed by atoms with Crippen molar-refractivity contribution in [1.29, 1.82) is 0 Å². The fourth-order valence-electron chi connectivity index (χ4n) is 0.349. The molecular formula is C5H13NO3. The average Bonchev–Trinajstić information content (AvgIpc) is 1.65. The molecule has 0 bridgehead atoms. The molecule has 0 rings (SSSR count). The van der Waals surface area contributed by atoms with Crippen LogP contribution in [0.15, 0.2) is 0 Å². The second-order valence-electron chi connectivity index (χ2n) is 1.86. The SMILES string of the molecule is CC(CO)CC(=O)[O-].[NH4+]. The van der Waals surface area contributed by atoms with Gasteiger partial charge in [0.2, 0.25) is 0 Å². The first-order chi connectivity index (χ1) is 3.66. The minimum atomic E-state index is -1.11. The Morgan fingerprint density at radius 1 is 1.78 bits per heavy atom. The Morgan fingerprint density at radius 3 is 2.33 bits per heavy atom. The van der Waals surface area contributed by atoms with Gasteiger partial charge in [0.15, 0.2) is 0 Å². The van der Waals surface area contributed by atoms with Crippen molar-refractivity contribution < 1.29 is 15.0 Å². The van der Waals surface area contributed by atoms with Crippen LogP contribution >= 0.6 is 0 Å². The van der Waals surface area contributed by atoms with Gasteiger partial charge in [-0.2, -0.15) is 0 Å². The van der Waals surface area contributed by atoms with Crippen LogP contribution < -0.4 is 11.3 Å². The number of carboxylic acid groups (broad SMARTS) is 1. The maximum Gasteiger partial charge on any atom is 0.0460 e. The van der Waals surface area contributed by atoms with Gasteiger partial charge in [-0.25, -0.2) is 0 Å². The molecule has 0 aliphatic rings. The molecule has 0 heterocycles. The summed E-state index contributed by atoms with van der Waals surface area (Å²) in [5, 5.41) is 18.0. The molecule has 0 saturated heterocycles. The number of carbonyl (C=O) groups is 1. The highest BCUT2D eigenvalue weighted by Crippen LogP contribution is 1.96. The Morgan fingerprint density at radius 2 is 2.22 bits per heavy atom. The second-order valence-corrected chi connectivity index (χ2v) is 1.86. The van der Waals surface area contributed by atoms with Crippen LogP contribution in [-0.4, -0.2) is 17.7 Å². The Bertz CT molecular complexity index is 84.3. The van der Waals surface area contributed by atoms with E-state index in [0.717, 1.165) is 0 Å². The van der Waals surface area contributed by atoms with Crippen LogP contribution in [0.4, 0.5) is 0 Å². The van der Waals surface area contributed by atoms with Crippen LogP contribution in [0.5, 0.6) is 0 Å². The molecule has 0 radical (unpaired) electrons. The zero-order valence-corrected chi connectivity index (χ0v) is 5.76. The van der Waals surface area contributed by atoms with Crippen LogP contribution in [-0.2, 0) is 4.79 Å². The minimum absolute atomic E-state index is 0. The number of aliphatic carboxylic acids is 1. The molecule has 0 aromatic carbocycles. The molecule has 0 aromatic heterocycles. The predicted molar refractivity (Wildman–Crippen MR) is 31.9 cm³/mol. The highest BCUT2D eigenvalue weighted by Gasteiger charge is 1.97. The number of aliphatic hydroxyl groups is 1. The van der Waals surface area contributed by atoms with Gasteiger partial charge in [-0.05, 0) is 12.3 Å². The molecule has 9 heavy (non-hydrogen) atoms. The summed E-state index contributed by atoms with van der Waals surface area (Å²) in [5.74, 6) is -1.29. The molecule has 56 valence electrons. The standard InChI is InChI=1S/C5H10O3.H3N/c1-4(3-6)2-5(7)8;/h4,6H,2-3H2,1H3,(H,7,8);1H3. The summed E-state index contributed by atoms with van der Waals surface area (Å²) in [7, 11) is 0. The van der Waals surface area contributed by atoms with Crippen LogP contribution in [0.2, 0.25) is 0 Å². The zero-order chi connectivity index (χ0) is 6.57. The lowest BCUT2D eigenvalue weighted by molar-refractivity contribution is -0.306. The van der Waals surface area contributed by atoms with Crippen molar-refractivity contribution in [3.63, 3.8) is 0 Å². The molecule has 4 nitrogen and oxygen atoms in total. The Hall–Kier alpha value is -0.610. The van der Waals surface area contributed by atoms with Gasteiger partial charge in [-0.3, -0.25) is 0 Å². The molecule has 0 fully saturated rings. The number of carboxylic acids is 1. The van der Waals surface area contributed by atoms with Gasteiger partial charge >= 0.3 is 0 Å². The summed E-state index contributed by atoms with van der Waals surface area (Å²) in [6.45, 7) is 1.56. The fraction of sp³-hybridized carbons (Fsp3) is 0.800. The lowest BCUT2D eigenvalue weighted by Gasteiger charge is -2.06. The minimum Gasteiger partial charge on any atom is -0.550 e. The number of aliphatic hydroxyl groups excluding tert-OH is 1. The predicted octanol–water partition coefficient (Wildman–Crippen LogP) is -0.869. The molecule has 1 unspecified atom stereocenters. The molecule has 0 amide bonds. The summed E-state index contributed by atoms with van der Waals surface area (Å²) in [6.07, 6.45) is -0.0590. The molecule has 0 aliphatic heterocycles. The third-order valence-corrected chi connectivity index (χ3v) is 0.827. The lowest BCUT2D eigenvalue weighted by atomic mass is 10.1. The average molecular weight is 135 g/mol.